The number of rotatable bonds is 7. The van der Waals surface area contributed by atoms with E-state index < -0.39 is 0 Å². The van der Waals surface area contributed by atoms with E-state index in [1.165, 1.54) is 30.3 Å². The van der Waals surface area contributed by atoms with Crippen molar-refractivity contribution in [2.24, 2.45) is 0 Å². The standard InChI is InChI=1S/C10H20N2O/c1-4-6-7-8-9-11-12(3)10(13)5-2/h5,11H,2,4,6-9H2,1,3H3. The molecule has 3 heteroatoms. The number of likely N-dealkylation sites (N-methyl/N-ethyl adjacent to an activating group) is 1. The zero-order valence-corrected chi connectivity index (χ0v) is 8.68. The van der Waals surface area contributed by atoms with Crippen LogP contribution in [-0.4, -0.2) is 24.5 Å². The van der Waals surface area contributed by atoms with Gasteiger partial charge in [-0.15, -0.1) is 0 Å². The summed E-state index contributed by atoms with van der Waals surface area (Å²) in [6.07, 6.45) is 6.14. The van der Waals surface area contributed by atoms with Crippen LogP contribution in [0.1, 0.15) is 32.6 Å². The summed E-state index contributed by atoms with van der Waals surface area (Å²) >= 11 is 0. The number of hydrazine groups is 1. The van der Waals surface area contributed by atoms with E-state index >= 15 is 0 Å². The van der Waals surface area contributed by atoms with E-state index in [0.29, 0.717) is 0 Å². The van der Waals surface area contributed by atoms with Gasteiger partial charge in [0.15, 0.2) is 0 Å². The highest BCUT2D eigenvalue weighted by molar-refractivity contribution is 5.86. The topological polar surface area (TPSA) is 32.3 Å². The second-order valence-electron chi connectivity index (χ2n) is 3.07. The highest BCUT2D eigenvalue weighted by atomic mass is 16.2. The zero-order chi connectivity index (χ0) is 10.1. The fraction of sp³-hybridized carbons (Fsp3) is 0.700. The predicted molar refractivity (Wildman–Crippen MR) is 55.1 cm³/mol. The molecule has 0 aliphatic heterocycles. The van der Waals surface area contributed by atoms with Crippen molar-refractivity contribution in [1.82, 2.24) is 10.4 Å². The van der Waals surface area contributed by atoms with Crippen molar-refractivity contribution < 1.29 is 4.79 Å². The summed E-state index contributed by atoms with van der Waals surface area (Å²) in [6.45, 7) is 6.45. The smallest absolute Gasteiger partial charge is 0.259 e. The number of hydrogen-bond donors (Lipinski definition) is 1. The molecule has 0 saturated carbocycles. The molecule has 0 unspecified atom stereocenters. The van der Waals surface area contributed by atoms with E-state index in [1.807, 2.05) is 0 Å². The lowest BCUT2D eigenvalue weighted by atomic mass is 10.2. The summed E-state index contributed by atoms with van der Waals surface area (Å²) in [5, 5.41) is 1.47. The highest BCUT2D eigenvalue weighted by Gasteiger charge is 2.00. The Labute approximate surface area is 80.8 Å². The van der Waals surface area contributed by atoms with Gasteiger partial charge in [-0.1, -0.05) is 32.8 Å². The van der Waals surface area contributed by atoms with Crippen molar-refractivity contribution in [1.29, 1.82) is 0 Å². The molecule has 0 aromatic rings. The minimum absolute atomic E-state index is 0.0875. The third-order valence-electron chi connectivity index (χ3n) is 1.88. The lowest BCUT2D eigenvalue weighted by Crippen LogP contribution is -2.38. The Hall–Kier alpha value is -0.830. The molecule has 0 aromatic carbocycles. The molecular formula is C10H20N2O. The fourth-order valence-electron chi connectivity index (χ4n) is 1.01. The molecule has 0 spiro atoms. The van der Waals surface area contributed by atoms with E-state index in [4.69, 9.17) is 0 Å². The van der Waals surface area contributed by atoms with Crippen LogP contribution in [0, 0.1) is 0 Å². The summed E-state index contributed by atoms with van der Waals surface area (Å²) in [7, 11) is 1.71. The Balaban J connectivity index is 3.31. The minimum atomic E-state index is -0.0875. The van der Waals surface area contributed by atoms with Gasteiger partial charge in [-0.2, -0.15) is 0 Å². The maximum Gasteiger partial charge on any atom is 0.259 e. The molecule has 0 aliphatic rings. The lowest BCUT2D eigenvalue weighted by Gasteiger charge is -2.15. The number of carbonyl (C=O) groups excluding carboxylic acids is 1. The quantitative estimate of drug-likeness (QED) is 0.371. The van der Waals surface area contributed by atoms with Crippen LogP contribution >= 0.6 is 0 Å². The molecule has 3 nitrogen and oxygen atoms in total. The van der Waals surface area contributed by atoms with E-state index in [-0.39, 0.29) is 5.91 Å². The Morgan fingerprint density at radius 2 is 2.15 bits per heavy atom. The van der Waals surface area contributed by atoms with Gasteiger partial charge in [0.25, 0.3) is 5.91 Å². The lowest BCUT2D eigenvalue weighted by molar-refractivity contribution is -0.127. The summed E-state index contributed by atoms with van der Waals surface area (Å²) < 4.78 is 0. The Bertz CT molecular complexity index is 157. The molecule has 0 bridgehead atoms. The Morgan fingerprint density at radius 1 is 1.46 bits per heavy atom. The second kappa shape index (κ2) is 7.80. The van der Waals surface area contributed by atoms with Crippen LogP contribution in [-0.2, 0) is 4.79 Å². The fourth-order valence-corrected chi connectivity index (χ4v) is 1.01. The molecule has 1 N–H and O–H groups in total. The van der Waals surface area contributed by atoms with Gasteiger partial charge in [-0.05, 0) is 12.5 Å². The summed E-state index contributed by atoms with van der Waals surface area (Å²) in [5.41, 5.74) is 3.00. The Kier molecular flexibility index (Phi) is 7.30. The van der Waals surface area contributed by atoms with Gasteiger partial charge in [-0.3, -0.25) is 9.80 Å². The summed E-state index contributed by atoms with van der Waals surface area (Å²) in [6, 6.07) is 0. The van der Waals surface area contributed by atoms with E-state index in [1.54, 1.807) is 7.05 Å². The van der Waals surface area contributed by atoms with Crippen LogP contribution < -0.4 is 5.43 Å². The first kappa shape index (κ1) is 12.2. The third-order valence-corrected chi connectivity index (χ3v) is 1.88. The number of unbranched alkanes of at least 4 members (excludes halogenated alkanes) is 3. The van der Waals surface area contributed by atoms with Gasteiger partial charge in [0.2, 0.25) is 0 Å². The van der Waals surface area contributed by atoms with E-state index in [2.05, 4.69) is 18.9 Å². The van der Waals surface area contributed by atoms with Crippen molar-refractivity contribution in [3.05, 3.63) is 12.7 Å². The molecule has 0 atom stereocenters. The molecule has 76 valence electrons. The molecule has 0 fully saturated rings. The van der Waals surface area contributed by atoms with Gasteiger partial charge in [0.1, 0.15) is 0 Å². The number of hydrogen-bond acceptors (Lipinski definition) is 2. The van der Waals surface area contributed by atoms with Crippen molar-refractivity contribution in [3.63, 3.8) is 0 Å². The van der Waals surface area contributed by atoms with E-state index in [0.717, 1.165) is 13.0 Å². The van der Waals surface area contributed by atoms with Crippen molar-refractivity contribution >= 4 is 5.91 Å². The van der Waals surface area contributed by atoms with Gasteiger partial charge >= 0.3 is 0 Å². The first-order valence-corrected chi connectivity index (χ1v) is 4.86. The van der Waals surface area contributed by atoms with Crippen molar-refractivity contribution in [2.45, 2.75) is 32.6 Å². The maximum atomic E-state index is 11.0. The first-order valence-electron chi connectivity index (χ1n) is 4.86. The van der Waals surface area contributed by atoms with Gasteiger partial charge in [-0.25, -0.2) is 5.43 Å². The first-order chi connectivity index (χ1) is 6.22. The van der Waals surface area contributed by atoms with Crippen LogP contribution in [0.5, 0.6) is 0 Å². The molecule has 1 amide bonds. The van der Waals surface area contributed by atoms with Gasteiger partial charge in [0.05, 0.1) is 0 Å². The van der Waals surface area contributed by atoms with Gasteiger partial charge in [0, 0.05) is 13.6 Å². The molecule has 0 heterocycles. The maximum absolute atomic E-state index is 11.0. The van der Waals surface area contributed by atoms with Crippen molar-refractivity contribution in [3.8, 4) is 0 Å². The molecule has 0 radical (unpaired) electrons. The van der Waals surface area contributed by atoms with E-state index in [9.17, 15) is 4.79 Å². The SMILES string of the molecule is C=CC(=O)N(C)NCCCCCC. The average Bonchev–Trinajstić information content (AvgIpc) is 2.16. The molecule has 0 aliphatic carbocycles. The molecule has 0 aromatic heterocycles. The molecular weight excluding hydrogens is 164 g/mol. The molecule has 13 heavy (non-hydrogen) atoms. The molecule has 0 saturated heterocycles. The number of amides is 1. The van der Waals surface area contributed by atoms with Crippen LogP contribution in [0.2, 0.25) is 0 Å². The zero-order valence-electron chi connectivity index (χ0n) is 8.68. The number of carbonyl (C=O) groups is 1. The van der Waals surface area contributed by atoms with Crippen molar-refractivity contribution in [2.75, 3.05) is 13.6 Å². The predicted octanol–water partition coefficient (Wildman–Crippen LogP) is 1.72. The van der Waals surface area contributed by atoms with Crippen LogP contribution in [0.4, 0.5) is 0 Å². The normalized spacial score (nSPS) is 9.69. The summed E-state index contributed by atoms with van der Waals surface area (Å²) in [4.78, 5) is 11.0. The Morgan fingerprint density at radius 3 is 2.69 bits per heavy atom. The van der Waals surface area contributed by atoms with Gasteiger partial charge < -0.3 is 0 Å². The second-order valence-corrected chi connectivity index (χ2v) is 3.07. The number of nitrogens with zero attached hydrogens (tertiary/aromatic N) is 1. The minimum Gasteiger partial charge on any atom is -0.278 e. The van der Waals surface area contributed by atoms with Crippen LogP contribution in [0.15, 0.2) is 12.7 Å². The van der Waals surface area contributed by atoms with Crippen LogP contribution in [0.25, 0.3) is 0 Å². The average molecular weight is 184 g/mol. The number of nitrogens with one attached hydrogen (secondary N) is 1. The van der Waals surface area contributed by atoms with Crippen LogP contribution in [0.3, 0.4) is 0 Å². The third kappa shape index (κ3) is 6.34. The largest absolute Gasteiger partial charge is 0.278 e. The highest BCUT2D eigenvalue weighted by Crippen LogP contribution is 1.97. The summed E-state index contributed by atoms with van der Waals surface area (Å²) in [5.74, 6) is -0.0875. The monoisotopic (exact) mass is 184 g/mol. The molecule has 0 rings (SSSR count).